The van der Waals surface area contributed by atoms with E-state index in [2.05, 4.69) is 10.6 Å². The highest BCUT2D eigenvalue weighted by molar-refractivity contribution is 7.89. The first-order valence-corrected chi connectivity index (χ1v) is 12.8. The van der Waals surface area contributed by atoms with Crippen LogP contribution in [0.4, 0.5) is 11.4 Å². The van der Waals surface area contributed by atoms with Crippen molar-refractivity contribution in [2.45, 2.75) is 38.0 Å². The van der Waals surface area contributed by atoms with Gasteiger partial charge in [0.25, 0.3) is 0 Å². The van der Waals surface area contributed by atoms with E-state index in [-0.39, 0.29) is 17.3 Å². The molecule has 1 heterocycles. The number of ether oxygens (including phenoxy) is 1. The molecule has 0 atom stereocenters. The second-order valence-corrected chi connectivity index (χ2v) is 9.99. The minimum absolute atomic E-state index is 0.0144. The molecule has 2 aromatic rings. The molecular formula is C25H31N3O5S. The number of benzene rings is 2. The average molecular weight is 486 g/mol. The third kappa shape index (κ3) is 6.91. The standard InChI is InChI=1S/C25H31N3O5S/c1-3-33-25(30)14-10-20-8-11-21(12-9-20)26-18-24(29)27-23-17-22(13-7-19(23)2)34(31,32)28-15-5-4-6-16-28/h7-14,17,26H,3-6,15-16,18H2,1-2H3,(H,27,29)/b14-10+. The summed E-state index contributed by atoms with van der Waals surface area (Å²) in [6.45, 7) is 4.96. The van der Waals surface area contributed by atoms with E-state index in [0.29, 0.717) is 25.4 Å². The Bertz CT molecular complexity index is 1140. The smallest absolute Gasteiger partial charge is 0.330 e. The van der Waals surface area contributed by atoms with E-state index in [1.807, 2.05) is 19.1 Å². The van der Waals surface area contributed by atoms with E-state index >= 15 is 0 Å². The number of sulfonamides is 1. The predicted octanol–water partition coefficient (Wildman–Crippen LogP) is 3.80. The van der Waals surface area contributed by atoms with Crippen LogP contribution in [-0.4, -0.2) is 50.8 Å². The van der Waals surface area contributed by atoms with Gasteiger partial charge in [-0.3, -0.25) is 4.79 Å². The normalized spacial score (nSPS) is 14.6. The van der Waals surface area contributed by atoms with Gasteiger partial charge in [-0.1, -0.05) is 24.6 Å². The van der Waals surface area contributed by atoms with Gasteiger partial charge >= 0.3 is 5.97 Å². The summed E-state index contributed by atoms with van der Waals surface area (Å²) in [5.74, 6) is -0.689. The van der Waals surface area contributed by atoms with E-state index in [1.54, 1.807) is 37.3 Å². The molecule has 3 rings (SSSR count). The largest absolute Gasteiger partial charge is 0.463 e. The Morgan fingerprint density at radius 3 is 2.44 bits per heavy atom. The first-order chi connectivity index (χ1) is 16.3. The van der Waals surface area contributed by atoms with Crippen LogP contribution in [-0.2, 0) is 24.3 Å². The molecule has 1 aliphatic heterocycles. The molecule has 8 nitrogen and oxygen atoms in total. The zero-order chi connectivity index (χ0) is 24.6. The van der Waals surface area contributed by atoms with Crippen molar-refractivity contribution in [3.63, 3.8) is 0 Å². The van der Waals surface area contributed by atoms with Gasteiger partial charge in [0, 0.05) is 30.5 Å². The molecule has 0 saturated carbocycles. The van der Waals surface area contributed by atoms with E-state index in [9.17, 15) is 18.0 Å². The highest BCUT2D eigenvalue weighted by Crippen LogP contribution is 2.25. The summed E-state index contributed by atoms with van der Waals surface area (Å²) in [6, 6.07) is 12.1. The zero-order valence-electron chi connectivity index (χ0n) is 19.5. The molecule has 0 aliphatic carbocycles. The Labute approximate surface area is 201 Å². The first kappa shape index (κ1) is 25.5. The number of piperidine rings is 1. The van der Waals surface area contributed by atoms with Gasteiger partial charge in [0.2, 0.25) is 15.9 Å². The second kappa shape index (κ2) is 11.8. The molecule has 1 amide bonds. The molecule has 0 aromatic heterocycles. The Morgan fingerprint density at radius 1 is 1.06 bits per heavy atom. The molecule has 182 valence electrons. The molecule has 1 saturated heterocycles. The first-order valence-electron chi connectivity index (χ1n) is 11.4. The zero-order valence-corrected chi connectivity index (χ0v) is 20.4. The van der Waals surface area contributed by atoms with Gasteiger partial charge < -0.3 is 15.4 Å². The molecule has 0 spiro atoms. The number of hydrogen-bond acceptors (Lipinski definition) is 6. The fraction of sp³-hybridized carbons (Fsp3) is 0.360. The fourth-order valence-electron chi connectivity index (χ4n) is 3.59. The van der Waals surface area contributed by atoms with E-state index in [0.717, 1.165) is 36.1 Å². The number of hydrogen-bond donors (Lipinski definition) is 2. The third-order valence-electron chi connectivity index (χ3n) is 5.50. The molecule has 1 aliphatic rings. The van der Waals surface area contributed by atoms with Crippen LogP contribution >= 0.6 is 0 Å². The Kier molecular flexibility index (Phi) is 8.84. The summed E-state index contributed by atoms with van der Waals surface area (Å²) in [7, 11) is -3.58. The number of amides is 1. The highest BCUT2D eigenvalue weighted by Gasteiger charge is 2.26. The molecule has 34 heavy (non-hydrogen) atoms. The number of esters is 1. The Balaban J connectivity index is 1.58. The third-order valence-corrected chi connectivity index (χ3v) is 7.39. The number of nitrogens with one attached hydrogen (secondary N) is 2. The van der Waals surface area contributed by atoms with Crippen molar-refractivity contribution in [3.8, 4) is 0 Å². The molecule has 2 aromatic carbocycles. The van der Waals surface area contributed by atoms with Gasteiger partial charge in [-0.15, -0.1) is 0 Å². The summed E-state index contributed by atoms with van der Waals surface area (Å²) in [4.78, 5) is 24.1. The second-order valence-electron chi connectivity index (χ2n) is 8.05. The van der Waals surface area contributed by atoms with Crippen molar-refractivity contribution < 1.29 is 22.7 Å². The molecule has 0 bridgehead atoms. The van der Waals surface area contributed by atoms with Crippen molar-refractivity contribution in [1.82, 2.24) is 4.31 Å². The van der Waals surface area contributed by atoms with Gasteiger partial charge in [-0.05, 0) is 68.2 Å². The summed E-state index contributed by atoms with van der Waals surface area (Å²) >= 11 is 0. The number of aryl methyl sites for hydroxylation is 1. The topological polar surface area (TPSA) is 105 Å². The lowest BCUT2D eigenvalue weighted by atomic mass is 10.2. The lowest BCUT2D eigenvalue weighted by molar-refractivity contribution is -0.137. The van der Waals surface area contributed by atoms with Gasteiger partial charge in [0.1, 0.15) is 0 Å². The minimum Gasteiger partial charge on any atom is -0.463 e. The molecule has 0 radical (unpaired) electrons. The summed E-state index contributed by atoms with van der Waals surface area (Å²) in [5.41, 5.74) is 2.82. The summed E-state index contributed by atoms with van der Waals surface area (Å²) in [5, 5.41) is 5.84. The maximum atomic E-state index is 13.0. The van der Waals surface area contributed by atoms with Crippen LogP contribution in [0.3, 0.4) is 0 Å². The van der Waals surface area contributed by atoms with Crippen LogP contribution < -0.4 is 10.6 Å². The molecule has 1 fully saturated rings. The van der Waals surface area contributed by atoms with Crippen LogP contribution in [0.15, 0.2) is 53.4 Å². The van der Waals surface area contributed by atoms with Gasteiger partial charge in [-0.2, -0.15) is 4.31 Å². The number of rotatable bonds is 9. The lowest BCUT2D eigenvalue weighted by Crippen LogP contribution is -2.35. The monoisotopic (exact) mass is 485 g/mol. The van der Waals surface area contributed by atoms with E-state index in [4.69, 9.17) is 4.74 Å². The summed E-state index contributed by atoms with van der Waals surface area (Å²) in [6.07, 6.45) is 5.79. The number of carbonyl (C=O) groups is 2. The Hall–Kier alpha value is -3.17. The lowest BCUT2D eigenvalue weighted by Gasteiger charge is -2.26. The number of anilines is 2. The van der Waals surface area contributed by atoms with Crippen molar-refractivity contribution in [2.24, 2.45) is 0 Å². The van der Waals surface area contributed by atoms with Crippen LogP contribution in [0.25, 0.3) is 6.08 Å². The van der Waals surface area contributed by atoms with E-state index in [1.165, 1.54) is 16.4 Å². The quantitative estimate of drug-likeness (QED) is 0.414. The van der Waals surface area contributed by atoms with Crippen molar-refractivity contribution in [3.05, 3.63) is 59.7 Å². The molecule has 2 N–H and O–H groups in total. The van der Waals surface area contributed by atoms with Crippen LogP contribution in [0.1, 0.15) is 37.3 Å². The Morgan fingerprint density at radius 2 is 1.76 bits per heavy atom. The van der Waals surface area contributed by atoms with E-state index < -0.39 is 16.0 Å². The molecular weight excluding hydrogens is 454 g/mol. The van der Waals surface area contributed by atoms with Crippen LogP contribution in [0, 0.1) is 6.92 Å². The SMILES string of the molecule is CCOC(=O)/C=C/c1ccc(NCC(=O)Nc2cc(S(=O)(=O)N3CCCCC3)ccc2C)cc1. The average Bonchev–Trinajstić information content (AvgIpc) is 2.84. The van der Waals surface area contributed by atoms with Gasteiger partial charge in [0.05, 0.1) is 18.0 Å². The summed E-state index contributed by atoms with van der Waals surface area (Å²) < 4.78 is 32.3. The fourth-order valence-corrected chi connectivity index (χ4v) is 5.14. The predicted molar refractivity (Wildman–Crippen MR) is 133 cm³/mol. The molecule has 0 unspecified atom stereocenters. The van der Waals surface area contributed by atoms with Crippen LogP contribution in [0.5, 0.6) is 0 Å². The highest BCUT2D eigenvalue weighted by atomic mass is 32.2. The van der Waals surface area contributed by atoms with Crippen molar-refractivity contribution in [1.29, 1.82) is 0 Å². The molecule has 9 heteroatoms. The maximum Gasteiger partial charge on any atom is 0.330 e. The minimum atomic E-state index is -3.58. The van der Waals surface area contributed by atoms with Gasteiger partial charge in [-0.25, -0.2) is 13.2 Å². The maximum absolute atomic E-state index is 13.0. The van der Waals surface area contributed by atoms with Crippen LogP contribution in [0.2, 0.25) is 0 Å². The number of nitrogens with zero attached hydrogens (tertiary/aromatic N) is 1. The van der Waals surface area contributed by atoms with Gasteiger partial charge in [0.15, 0.2) is 0 Å². The number of carbonyl (C=O) groups excluding carboxylic acids is 2. The van der Waals surface area contributed by atoms with Crippen molar-refractivity contribution >= 4 is 39.4 Å². The van der Waals surface area contributed by atoms with Crippen molar-refractivity contribution in [2.75, 3.05) is 36.9 Å².